The summed E-state index contributed by atoms with van der Waals surface area (Å²) < 4.78 is 38.1. The van der Waals surface area contributed by atoms with Gasteiger partial charge in [0.15, 0.2) is 11.5 Å². The molecule has 0 amide bonds. The van der Waals surface area contributed by atoms with E-state index in [1.54, 1.807) is 0 Å². The molecule has 2 aromatic rings. The minimum atomic E-state index is -1.01. The van der Waals surface area contributed by atoms with Gasteiger partial charge in [-0.2, -0.15) is 0 Å². The van der Waals surface area contributed by atoms with Gasteiger partial charge in [-0.3, -0.25) is 0 Å². The van der Waals surface area contributed by atoms with Crippen LogP contribution in [0.1, 0.15) is 17.2 Å². The molecule has 0 aliphatic carbocycles. The van der Waals surface area contributed by atoms with E-state index < -0.39 is 17.7 Å². The molecule has 1 atom stereocenters. The predicted molar refractivity (Wildman–Crippen MR) is 76.9 cm³/mol. The Hall–Kier alpha value is -1.85. The molecule has 0 spiro atoms. The molecule has 2 N–H and O–H groups in total. The SMILES string of the molecule is COc1cc(F)c(C(N)c2cc(Cl)ccc2F)cc1OC. The third-order valence-electron chi connectivity index (χ3n) is 3.13. The lowest BCUT2D eigenvalue weighted by molar-refractivity contribution is 0.351. The first kappa shape index (κ1) is 15.5. The Labute approximate surface area is 126 Å². The molecule has 0 saturated heterocycles. The van der Waals surface area contributed by atoms with Gasteiger partial charge in [0.1, 0.15) is 11.6 Å². The van der Waals surface area contributed by atoms with Crippen molar-refractivity contribution in [3.05, 3.63) is 58.1 Å². The quantitative estimate of drug-likeness (QED) is 0.936. The van der Waals surface area contributed by atoms with Crippen molar-refractivity contribution in [2.75, 3.05) is 14.2 Å². The average molecular weight is 314 g/mol. The van der Waals surface area contributed by atoms with Gasteiger partial charge in [-0.1, -0.05) is 11.6 Å². The van der Waals surface area contributed by atoms with Gasteiger partial charge in [-0.25, -0.2) is 8.78 Å². The topological polar surface area (TPSA) is 44.5 Å². The Kier molecular flexibility index (Phi) is 4.65. The summed E-state index contributed by atoms with van der Waals surface area (Å²) in [6.45, 7) is 0. The van der Waals surface area contributed by atoms with Gasteiger partial charge in [0.2, 0.25) is 0 Å². The summed E-state index contributed by atoms with van der Waals surface area (Å²) in [5.74, 6) is -0.620. The van der Waals surface area contributed by atoms with Crippen LogP contribution in [0.2, 0.25) is 5.02 Å². The smallest absolute Gasteiger partial charge is 0.163 e. The number of hydrogen-bond donors (Lipinski definition) is 1. The Morgan fingerprint density at radius 1 is 0.952 bits per heavy atom. The number of rotatable bonds is 4. The second-order valence-corrected chi connectivity index (χ2v) is 4.81. The van der Waals surface area contributed by atoms with E-state index in [2.05, 4.69) is 0 Å². The number of methoxy groups -OCH3 is 2. The summed E-state index contributed by atoms with van der Waals surface area (Å²) in [5.41, 5.74) is 6.16. The zero-order chi connectivity index (χ0) is 15.6. The van der Waals surface area contributed by atoms with Crippen LogP contribution in [0.15, 0.2) is 30.3 Å². The summed E-state index contributed by atoms with van der Waals surface area (Å²) in [5, 5.41) is 0.322. The summed E-state index contributed by atoms with van der Waals surface area (Å²) in [6, 6.07) is 5.49. The largest absolute Gasteiger partial charge is 0.493 e. The van der Waals surface area contributed by atoms with Gasteiger partial charge < -0.3 is 15.2 Å². The first-order valence-electron chi connectivity index (χ1n) is 6.10. The van der Waals surface area contributed by atoms with Crippen LogP contribution < -0.4 is 15.2 Å². The van der Waals surface area contributed by atoms with Crippen molar-refractivity contribution in [1.29, 1.82) is 0 Å². The van der Waals surface area contributed by atoms with Crippen LogP contribution in [-0.2, 0) is 0 Å². The van der Waals surface area contributed by atoms with Crippen LogP contribution in [-0.4, -0.2) is 14.2 Å². The van der Waals surface area contributed by atoms with E-state index in [-0.39, 0.29) is 16.9 Å². The molecule has 0 aromatic heterocycles. The number of nitrogens with two attached hydrogens (primary N) is 1. The van der Waals surface area contributed by atoms with E-state index in [0.29, 0.717) is 10.8 Å². The van der Waals surface area contributed by atoms with Crippen LogP contribution in [0.4, 0.5) is 8.78 Å². The molecule has 112 valence electrons. The molecule has 0 radical (unpaired) electrons. The fourth-order valence-corrected chi connectivity index (χ4v) is 2.21. The van der Waals surface area contributed by atoms with Gasteiger partial charge in [-0.05, 0) is 24.3 Å². The molecule has 6 heteroatoms. The summed E-state index contributed by atoms with van der Waals surface area (Å²) in [7, 11) is 2.82. The van der Waals surface area contributed by atoms with Crippen LogP contribution in [0.25, 0.3) is 0 Å². The highest BCUT2D eigenvalue weighted by Gasteiger charge is 2.20. The number of halogens is 3. The molecule has 3 nitrogen and oxygen atoms in total. The standard InChI is InChI=1S/C15H14ClF2NO2/c1-20-13-6-10(12(18)7-14(13)21-2)15(19)9-5-8(16)3-4-11(9)17/h3-7,15H,19H2,1-2H3. The summed E-state index contributed by atoms with van der Waals surface area (Å²) in [4.78, 5) is 0. The Morgan fingerprint density at radius 2 is 1.52 bits per heavy atom. The zero-order valence-corrected chi connectivity index (χ0v) is 12.2. The van der Waals surface area contributed by atoms with Gasteiger partial charge in [-0.15, -0.1) is 0 Å². The lowest BCUT2D eigenvalue weighted by atomic mass is 9.98. The lowest BCUT2D eigenvalue weighted by Gasteiger charge is -2.17. The molecule has 1 unspecified atom stereocenters. The highest BCUT2D eigenvalue weighted by Crippen LogP contribution is 2.34. The maximum absolute atomic E-state index is 14.2. The van der Waals surface area contributed by atoms with Crippen molar-refractivity contribution >= 4 is 11.6 Å². The molecular weight excluding hydrogens is 300 g/mol. The first-order chi connectivity index (χ1) is 9.97. The summed E-state index contributed by atoms with van der Waals surface area (Å²) >= 11 is 5.83. The molecule has 2 rings (SSSR count). The third-order valence-corrected chi connectivity index (χ3v) is 3.37. The van der Waals surface area contributed by atoms with E-state index in [0.717, 1.165) is 6.07 Å². The van der Waals surface area contributed by atoms with E-state index in [1.807, 2.05) is 0 Å². The van der Waals surface area contributed by atoms with Crippen molar-refractivity contribution in [2.24, 2.45) is 5.73 Å². The zero-order valence-electron chi connectivity index (χ0n) is 11.5. The monoisotopic (exact) mass is 313 g/mol. The Balaban J connectivity index is 2.52. The molecule has 21 heavy (non-hydrogen) atoms. The van der Waals surface area contributed by atoms with Crippen molar-refractivity contribution in [3.8, 4) is 11.5 Å². The van der Waals surface area contributed by atoms with E-state index >= 15 is 0 Å². The number of benzene rings is 2. The van der Waals surface area contributed by atoms with Crippen molar-refractivity contribution in [3.63, 3.8) is 0 Å². The highest BCUT2D eigenvalue weighted by molar-refractivity contribution is 6.30. The van der Waals surface area contributed by atoms with Gasteiger partial charge in [0.25, 0.3) is 0 Å². The molecule has 0 saturated carbocycles. The van der Waals surface area contributed by atoms with Gasteiger partial charge in [0, 0.05) is 22.2 Å². The number of ether oxygens (including phenoxy) is 2. The second-order valence-electron chi connectivity index (χ2n) is 4.37. The molecule has 0 bridgehead atoms. The third kappa shape index (κ3) is 3.09. The number of hydrogen-bond acceptors (Lipinski definition) is 3. The summed E-state index contributed by atoms with van der Waals surface area (Å²) in [6.07, 6.45) is 0. The normalized spacial score (nSPS) is 12.1. The molecule has 2 aromatic carbocycles. The van der Waals surface area contributed by atoms with Crippen molar-refractivity contribution in [1.82, 2.24) is 0 Å². The van der Waals surface area contributed by atoms with Crippen molar-refractivity contribution < 1.29 is 18.3 Å². The fraction of sp³-hybridized carbons (Fsp3) is 0.200. The fourth-order valence-electron chi connectivity index (χ4n) is 2.03. The molecule has 0 aliphatic heterocycles. The van der Waals surface area contributed by atoms with Gasteiger partial charge in [0.05, 0.1) is 20.3 Å². The Bertz CT molecular complexity index is 664. The molecule has 0 aliphatic rings. The molecule has 0 heterocycles. The molecular formula is C15H14ClF2NO2. The van der Waals surface area contributed by atoms with Gasteiger partial charge >= 0.3 is 0 Å². The maximum Gasteiger partial charge on any atom is 0.163 e. The first-order valence-corrected chi connectivity index (χ1v) is 6.47. The lowest BCUT2D eigenvalue weighted by Crippen LogP contribution is -2.15. The Morgan fingerprint density at radius 3 is 2.14 bits per heavy atom. The van der Waals surface area contributed by atoms with Crippen molar-refractivity contribution in [2.45, 2.75) is 6.04 Å². The highest BCUT2D eigenvalue weighted by atomic mass is 35.5. The minimum absolute atomic E-state index is 0.0915. The maximum atomic E-state index is 14.2. The van der Waals surface area contributed by atoms with E-state index in [1.165, 1.54) is 38.5 Å². The predicted octanol–water partition coefficient (Wildman–Crippen LogP) is 3.68. The molecule has 0 fully saturated rings. The van der Waals surface area contributed by atoms with Crippen LogP contribution in [0, 0.1) is 11.6 Å². The minimum Gasteiger partial charge on any atom is -0.493 e. The average Bonchev–Trinajstić information content (AvgIpc) is 2.48. The van der Waals surface area contributed by atoms with E-state index in [4.69, 9.17) is 26.8 Å². The van der Waals surface area contributed by atoms with E-state index in [9.17, 15) is 8.78 Å². The van der Waals surface area contributed by atoms with Crippen LogP contribution >= 0.6 is 11.6 Å². The van der Waals surface area contributed by atoms with Crippen LogP contribution in [0.3, 0.4) is 0 Å². The van der Waals surface area contributed by atoms with Crippen LogP contribution in [0.5, 0.6) is 11.5 Å². The second kappa shape index (κ2) is 6.28.